The first-order valence-corrected chi connectivity index (χ1v) is 7.53. The standard InChI is InChI=1S/C14H27N3O3/c1-3-12(13(18)19)10-16-14(20)15-9-11-5-7-17(4-2)8-6-11/h11-12H,3-10H2,1-2H3,(H,18,19)(H2,15,16,20). The molecule has 0 radical (unpaired) electrons. The van der Waals surface area contributed by atoms with Crippen molar-refractivity contribution >= 4 is 12.0 Å². The molecule has 116 valence electrons. The zero-order valence-electron chi connectivity index (χ0n) is 12.5. The van der Waals surface area contributed by atoms with E-state index in [4.69, 9.17) is 5.11 Å². The second kappa shape index (κ2) is 8.79. The number of nitrogens with one attached hydrogen (secondary N) is 2. The fourth-order valence-corrected chi connectivity index (χ4v) is 2.43. The summed E-state index contributed by atoms with van der Waals surface area (Å²) in [6.07, 6.45) is 2.74. The van der Waals surface area contributed by atoms with Gasteiger partial charge in [-0.3, -0.25) is 4.79 Å². The van der Waals surface area contributed by atoms with Crippen LogP contribution >= 0.6 is 0 Å². The second-order valence-electron chi connectivity index (χ2n) is 5.41. The van der Waals surface area contributed by atoms with Crippen LogP contribution in [0.2, 0.25) is 0 Å². The predicted molar refractivity (Wildman–Crippen MR) is 77.7 cm³/mol. The van der Waals surface area contributed by atoms with E-state index in [1.165, 1.54) is 0 Å². The Kier molecular flexibility index (Phi) is 7.36. The predicted octanol–water partition coefficient (Wildman–Crippen LogP) is 1.13. The van der Waals surface area contributed by atoms with Gasteiger partial charge in [0.2, 0.25) is 0 Å². The third kappa shape index (κ3) is 5.77. The summed E-state index contributed by atoms with van der Waals surface area (Å²) in [5, 5.41) is 14.4. The third-order valence-electron chi connectivity index (χ3n) is 4.06. The quantitative estimate of drug-likeness (QED) is 0.655. The van der Waals surface area contributed by atoms with Crippen molar-refractivity contribution in [1.29, 1.82) is 0 Å². The Balaban J connectivity index is 2.15. The molecule has 0 spiro atoms. The number of rotatable bonds is 7. The van der Waals surface area contributed by atoms with Crippen molar-refractivity contribution in [3.05, 3.63) is 0 Å². The van der Waals surface area contributed by atoms with Crippen molar-refractivity contribution < 1.29 is 14.7 Å². The number of amides is 2. The SMILES string of the molecule is CCC(CNC(=O)NCC1CCN(CC)CC1)C(=O)O. The number of hydrogen-bond acceptors (Lipinski definition) is 3. The van der Waals surface area contributed by atoms with E-state index >= 15 is 0 Å². The first-order valence-electron chi connectivity index (χ1n) is 7.53. The van der Waals surface area contributed by atoms with Crippen molar-refractivity contribution in [3.63, 3.8) is 0 Å². The Labute approximate surface area is 120 Å². The number of carbonyl (C=O) groups excluding carboxylic acids is 1. The van der Waals surface area contributed by atoms with E-state index < -0.39 is 11.9 Å². The van der Waals surface area contributed by atoms with Gasteiger partial charge in [0.1, 0.15) is 0 Å². The number of carboxylic acids is 1. The van der Waals surface area contributed by atoms with Crippen LogP contribution in [0.4, 0.5) is 4.79 Å². The van der Waals surface area contributed by atoms with Gasteiger partial charge in [0.15, 0.2) is 0 Å². The minimum atomic E-state index is -0.861. The fourth-order valence-electron chi connectivity index (χ4n) is 2.43. The topological polar surface area (TPSA) is 81.7 Å². The van der Waals surface area contributed by atoms with Crippen molar-refractivity contribution in [1.82, 2.24) is 15.5 Å². The van der Waals surface area contributed by atoms with E-state index in [9.17, 15) is 9.59 Å². The first-order chi connectivity index (χ1) is 9.56. The maximum atomic E-state index is 11.6. The summed E-state index contributed by atoms with van der Waals surface area (Å²) in [6.45, 7) is 8.12. The molecule has 20 heavy (non-hydrogen) atoms. The molecule has 3 N–H and O–H groups in total. The summed E-state index contributed by atoms with van der Waals surface area (Å²) < 4.78 is 0. The zero-order chi connectivity index (χ0) is 15.0. The molecule has 1 rings (SSSR count). The number of nitrogens with zero attached hydrogens (tertiary/aromatic N) is 1. The zero-order valence-corrected chi connectivity index (χ0v) is 12.5. The second-order valence-corrected chi connectivity index (χ2v) is 5.41. The molecule has 0 aromatic rings. The average molecular weight is 285 g/mol. The van der Waals surface area contributed by atoms with Crippen LogP contribution in [-0.4, -0.2) is 54.7 Å². The summed E-state index contributed by atoms with van der Waals surface area (Å²) in [6, 6.07) is -0.261. The summed E-state index contributed by atoms with van der Waals surface area (Å²) in [5.74, 6) is -0.835. The van der Waals surface area contributed by atoms with Crippen LogP contribution in [0.5, 0.6) is 0 Å². The molecule has 0 aliphatic carbocycles. The molecule has 1 aliphatic rings. The van der Waals surface area contributed by atoms with Gasteiger partial charge in [-0.2, -0.15) is 0 Å². The van der Waals surface area contributed by atoms with Gasteiger partial charge in [-0.25, -0.2) is 4.79 Å². The molecule has 0 aromatic heterocycles. The number of likely N-dealkylation sites (tertiary alicyclic amines) is 1. The Morgan fingerprint density at radius 2 is 1.90 bits per heavy atom. The minimum Gasteiger partial charge on any atom is -0.481 e. The van der Waals surface area contributed by atoms with Crippen LogP contribution in [0.25, 0.3) is 0 Å². The third-order valence-corrected chi connectivity index (χ3v) is 4.06. The number of piperidine rings is 1. The van der Waals surface area contributed by atoms with Crippen molar-refractivity contribution in [2.45, 2.75) is 33.1 Å². The first kappa shape index (κ1) is 16.8. The number of hydrogen-bond donors (Lipinski definition) is 3. The van der Waals surface area contributed by atoms with Crippen molar-refractivity contribution in [2.75, 3.05) is 32.7 Å². The molecule has 6 nitrogen and oxygen atoms in total. The van der Waals surface area contributed by atoms with Gasteiger partial charge in [-0.15, -0.1) is 0 Å². The molecule has 0 saturated carbocycles. The highest BCUT2D eigenvalue weighted by atomic mass is 16.4. The van der Waals surface area contributed by atoms with Gasteiger partial charge in [0, 0.05) is 13.1 Å². The van der Waals surface area contributed by atoms with Crippen molar-refractivity contribution in [2.24, 2.45) is 11.8 Å². The lowest BCUT2D eigenvalue weighted by Gasteiger charge is -2.31. The average Bonchev–Trinajstić information content (AvgIpc) is 2.46. The highest BCUT2D eigenvalue weighted by Gasteiger charge is 2.19. The van der Waals surface area contributed by atoms with E-state index in [0.29, 0.717) is 18.9 Å². The van der Waals surface area contributed by atoms with E-state index in [2.05, 4.69) is 22.5 Å². The molecule has 0 bridgehead atoms. The van der Waals surface area contributed by atoms with Crippen LogP contribution in [-0.2, 0) is 4.79 Å². The van der Waals surface area contributed by atoms with Gasteiger partial charge in [-0.05, 0) is 44.8 Å². The van der Waals surface area contributed by atoms with Crippen LogP contribution < -0.4 is 10.6 Å². The Morgan fingerprint density at radius 3 is 2.40 bits per heavy atom. The molecule has 1 unspecified atom stereocenters. The van der Waals surface area contributed by atoms with E-state index in [-0.39, 0.29) is 12.6 Å². The minimum absolute atomic E-state index is 0.186. The molecule has 1 aliphatic heterocycles. The molecule has 1 heterocycles. The Morgan fingerprint density at radius 1 is 1.25 bits per heavy atom. The number of carboxylic acid groups (broad SMARTS) is 1. The number of carbonyl (C=O) groups is 2. The van der Waals surface area contributed by atoms with Gasteiger partial charge >= 0.3 is 12.0 Å². The summed E-state index contributed by atoms with van der Waals surface area (Å²) in [7, 11) is 0. The lowest BCUT2D eigenvalue weighted by atomic mass is 9.97. The Hall–Kier alpha value is -1.30. The molecule has 2 amide bonds. The van der Waals surface area contributed by atoms with E-state index in [1.807, 2.05) is 0 Å². The lowest BCUT2D eigenvalue weighted by Crippen LogP contribution is -2.43. The van der Waals surface area contributed by atoms with Crippen LogP contribution in [0.1, 0.15) is 33.1 Å². The molecular formula is C14H27N3O3. The highest BCUT2D eigenvalue weighted by molar-refractivity contribution is 5.75. The number of urea groups is 1. The molecule has 6 heteroatoms. The van der Waals surface area contributed by atoms with Crippen molar-refractivity contribution in [3.8, 4) is 0 Å². The monoisotopic (exact) mass is 285 g/mol. The van der Waals surface area contributed by atoms with E-state index in [1.54, 1.807) is 6.92 Å². The lowest BCUT2D eigenvalue weighted by molar-refractivity contribution is -0.141. The van der Waals surface area contributed by atoms with Crippen LogP contribution in [0.3, 0.4) is 0 Å². The fraction of sp³-hybridized carbons (Fsp3) is 0.857. The number of aliphatic carboxylic acids is 1. The van der Waals surface area contributed by atoms with Gasteiger partial charge in [0.25, 0.3) is 0 Å². The van der Waals surface area contributed by atoms with Gasteiger partial charge < -0.3 is 20.6 Å². The molecule has 0 aromatic carbocycles. The highest BCUT2D eigenvalue weighted by Crippen LogP contribution is 2.15. The van der Waals surface area contributed by atoms with Crippen LogP contribution in [0.15, 0.2) is 0 Å². The maximum Gasteiger partial charge on any atom is 0.314 e. The summed E-state index contributed by atoms with van der Waals surface area (Å²) in [4.78, 5) is 24.9. The molecule has 1 atom stereocenters. The largest absolute Gasteiger partial charge is 0.481 e. The van der Waals surface area contributed by atoms with Crippen LogP contribution in [0, 0.1) is 11.8 Å². The van der Waals surface area contributed by atoms with Gasteiger partial charge in [0.05, 0.1) is 5.92 Å². The summed E-state index contributed by atoms with van der Waals surface area (Å²) >= 11 is 0. The maximum absolute atomic E-state index is 11.6. The van der Waals surface area contributed by atoms with E-state index in [0.717, 1.165) is 32.5 Å². The molecule has 1 fully saturated rings. The smallest absolute Gasteiger partial charge is 0.314 e. The normalized spacial score (nSPS) is 18.5. The van der Waals surface area contributed by atoms with Gasteiger partial charge in [-0.1, -0.05) is 13.8 Å². The summed E-state index contributed by atoms with van der Waals surface area (Å²) in [5.41, 5.74) is 0. The molecular weight excluding hydrogens is 258 g/mol. The molecule has 1 saturated heterocycles. The Bertz CT molecular complexity index is 315.